The van der Waals surface area contributed by atoms with Crippen LogP contribution in [0.1, 0.15) is 21.3 Å². The number of carbonyl (C=O) groups excluding carboxylic acids is 2. The zero-order valence-corrected chi connectivity index (χ0v) is 15.0. The maximum atomic E-state index is 13.1. The van der Waals surface area contributed by atoms with E-state index in [1.54, 1.807) is 28.7 Å². The molecule has 0 saturated carbocycles. The number of hydrogen-bond acceptors (Lipinski definition) is 6. The first-order valence-electron chi connectivity index (χ1n) is 8.23. The van der Waals surface area contributed by atoms with Gasteiger partial charge in [0, 0.05) is 24.4 Å². The van der Waals surface area contributed by atoms with Gasteiger partial charge in [-0.25, -0.2) is 0 Å². The van der Waals surface area contributed by atoms with E-state index >= 15 is 0 Å². The Balaban J connectivity index is 1.66. The van der Waals surface area contributed by atoms with E-state index in [0.717, 1.165) is 5.56 Å². The van der Waals surface area contributed by atoms with Gasteiger partial charge in [-0.2, -0.15) is 0 Å². The first kappa shape index (κ1) is 16.5. The molecule has 25 heavy (non-hydrogen) atoms. The highest BCUT2D eigenvalue weighted by atomic mass is 32.2. The lowest BCUT2D eigenvalue weighted by Crippen LogP contribution is -2.51. The van der Waals surface area contributed by atoms with Gasteiger partial charge in [-0.15, -0.1) is 11.8 Å². The van der Waals surface area contributed by atoms with E-state index in [2.05, 4.69) is 0 Å². The van der Waals surface area contributed by atoms with Crippen molar-refractivity contribution in [1.29, 1.82) is 0 Å². The van der Waals surface area contributed by atoms with Crippen molar-refractivity contribution in [3.8, 4) is 11.5 Å². The molecule has 3 aliphatic rings. The summed E-state index contributed by atoms with van der Waals surface area (Å²) in [5, 5.41) is -0.141. The van der Waals surface area contributed by atoms with E-state index in [1.165, 1.54) is 7.11 Å². The molecule has 134 valence electrons. The zero-order valence-electron chi connectivity index (χ0n) is 14.2. The molecule has 0 radical (unpaired) electrons. The van der Waals surface area contributed by atoms with Gasteiger partial charge in [-0.1, -0.05) is 6.07 Å². The van der Waals surface area contributed by atoms with Crippen molar-refractivity contribution >= 4 is 23.6 Å². The van der Waals surface area contributed by atoms with Crippen LogP contribution in [0.5, 0.6) is 11.5 Å². The summed E-state index contributed by atoms with van der Waals surface area (Å²) < 4.78 is 16.1. The summed E-state index contributed by atoms with van der Waals surface area (Å²) >= 11 is 1.62. The molecular weight excluding hydrogens is 344 g/mol. The average molecular weight is 364 g/mol. The van der Waals surface area contributed by atoms with Crippen molar-refractivity contribution in [3.63, 3.8) is 0 Å². The molecule has 8 heteroatoms. The molecule has 0 spiro atoms. The van der Waals surface area contributed by atoms with Gasteiger partial charge in [0.05, 0.1) is 33.0 Å². The van der Waals surface area contributed by atoms with Gasteiger partial charge in [0.25, 0.3) is 5.91 Å². The average Bonchev–Trinajstić information content (AvgIpc) is 3.21. The first-order chi connectivity index (χ1) is 12.2. The summed E-state index contributed by atoms with van der Waals surface area (Å²) in [6, 6.07) is 3.27. The highest BCUT2D eigenvalue weighted by Gasteiger charge is 2.51. The molecule has 2 atom stereocenters. The van der Waals surface area contributed by atoms with Gasteiger partial charge in [-0.05, 0) is 6.07 Å². The topological polar surface area (TPSA) is 68.3 Å². The van der Waals surface area contributed by atoms with Crippen LogP contribution in [-0.2, 0) is 9.53 Å². The lowest BCUT2D eigenvalue weighted by molar-refractivity contribution is -0.139. The molecule has 0 N–H and O–H groups in total. The second kappa shape index (κ2) is 6.42. The Morgan fingerprint density at radius 2 is 2.00 bits per heavy atom. The predicted molar refractivity (Wildman–Crippen MR) is 92.1 cm³/mol. The molecule has 0 unspecified atom stereocenters. The van der Waals surface area contributed by atoms with E-state index < -0.39 is 6.04 Å². The Hall–Kier alpha value is -1.93. The van der Waals surface area contributed by atoms with Crippen LogP contribution in [-0.4, -0.2) is 73.9 Å². The van der Waals surface area contributed by atoms with Crippen molar-refractivity contribution in [2.45, 2.75) is 11.4 Å². The van der Waals surface area contributed by atoms with E-state index in [1.807, 2.05) is 12.1 Å². The molecule has 3 heterocycles. The van der Waals surface area contributed by atoms with Crippen molar-refractivity contribution < 1.29 is 23.8 Å². The lowest BCUT2D eigenvalue weighted by Gasteiger charge is -2.32. The van der Waals surface area contributed by atoms with Crippen LogP contribution in [0.2, 0.25) is 0 Å². The fraction of sp³-hybridized carbons (Fsp3) is 0.529. The Bertz CT molecular complexity index is 719. The second-order valence-electron chi connectivity index (χ2n) is 6.12. The number of nitrogens with zero attached hydrogens (tertiary/aromatic N) is 2. The number of ether oxygens (including phenoxy) is 3. The number of fused-ring (bicyclic) bond motifs is 3. The second-order valence-corrected chi connectivity index (χ2v) is 7.23. The van der Waals surface area contributed by atoms with E-state index in [0.29, 0.717) is 49.1 Å². The number of thioether (sulfide) groups is 1. The van der Waals surface area contributed by atoms with Crippen molar-refractivity contribution in [1.82, 2.24) is 9.80 Å². The molecule has 0 bridgehead atoms. The van der Waals surface area contributed by atoms with Crippen LogP contribution in [0, 0.1) is 0 Å². The molecule has 2 fully saturated rings. The molecule has 1 aromatic carbocycles. The minimum Gasteiger partial charge on any atom is -0.493 e. The van der Waals surface area contributed by atoms with Gasteiger partial charge in [0.2, 0.25) is 5.91 Å². The lowest BCUT2D eigenvalue weighted by atomic mass is 10.1. The largest absolute Gasteiger partial charge is 0.493 e. The number of methoxy groups -OCH3 is 2. The quantitative estimate of drug-likeness (QED) is 0.801. The minimum absolute atomic E-state index is 0.00499. The molecule has 4 rings (SSSR count). The summed E-state index contributed by atoms with van der Waals surface area (Å²) in [5.41, 5.74) is 1.41. The Morgan fingerprint density at radius 3 is 2.68 bits per heavy atom. The SMILES string of the molecule is COc1ccc2c(c1OC)C(=O)N1[C@@H](C(=O)N3CCOCC3)CS[C@H]21. The van der Waals surface area contributed by atoms with Crippen molar-refractivity contribution in [2.75, 3.05) is 46.3 Å². The summed E-state index contributed by atoms with van der Waals surface area (Å²) in [6.07, 6.45) is 0. The minimum atomic E-state index is -0.441. The summed E-state index contributed by atoms with van der Waals surface area (Å²) in [4.78, 5) is 29.5. The van der Waals surface area contributed by atoms with Gasteiger partial charge in [0.1, 0.15) is 11.4 Å². The number of amides is 2. The summed E-state index contributed by atoms with van der Waals surface area (Å²) in [7, 11) is 3.07. The van der Waals surface area contributed by atoms with Crippen molar-refractivity contribution in [2.24, 2.45) is 0 Å². The van der Waals surface area contributed by atoms with Gasteiger partial charge >= 0.3 is 0 Å². The smallest absolute Gasteiger partial charge is 0.260 e. The monoisotopic (exact) mass is 364 g/mol. The Kier molecular flexibility index (Phi) is 4.24. The van der Waals surface area contributed by atoms with Crippen molar-refractivity contribution in [3.05, 3.63) is 23.3 Å². The first-order valence-corrected chi connectivity index (χ1v) is 9.28. The van der Waals surface area contributed by atoms with E-state index in [9.17, 15) is 9.59 Å². The predicted octanol–water partition coefficient (Wildman–Crippen LogP) is 1.13. The van der Waals surface area contributed by atoms with E-state index in [-0.39, 0.29) is 17.2 Å². The third kappa shape index (κ3) is 2.46. The number of morpholine rings is 1. The van der Waals surface area contributed by atoms with Gasteiger partial charge in [0.15, 0.2) is 11.5 Å². The Labute approximate surface area is 150 Å². The Morgan fingerprint density at radius 1 is 1.24 bits per heavy atom. The van der Waals surface area contributed by atoms with Gasteiger partial charge in [-0.3, -0.25) is 9.59 Å². The van der Waals surface area contributed by atoms with Crippen LogP contribution >= 0.6 is 11.8 Å². The van der Waals surface area contributed by atoms with E-state index in [4.69, 9.17) is 14.2 Å². The maximum Gasteiger partial charge on any atom is 0.260 e. The van der Waals surface area contributed by atoms with Crippen LogP contribution in [0.4, 0.5) is 0 Å². The highest BCUT2D eigenvalue weighted by Crippen LogP contribution is 2.52. The third-order valence-electron chi connectivity index (χ3n) is 4.90. The standard InChI is InChI=1S/C17H20N2O5S/c1-22-12-4-3-10-13(14(12)23-2)16(21)19-11(9-25-17(10)19)15(20)18-5-7-24-8-6-18/h3-4,11,17H,5-9H2,1-2H3/t11-,17-/m1/s1. The molecule has 2 saturated heterocycles. The maximum absolute atomic E-state index is 13.1. The van der Waals surface area contributed by atoms with Crippen LogP contribution in [0.25, 0.3) is 0 Å². The van der Waals surface area contributed by atoms with Gasteiger partial charge < -0.3 is 24.0 Å². The summed E-state index contributed by atoms with van der Waals surface area (Å²) in [6.45, 7) is 2.26. The fourth-order valence-corrected chi connectivity index (χ4v) is 5.12. The van der Waals surface area contributed by atoms with Crippen LogP contribution in [0.3, 0.4) is 0 Å². The molecular formula is C17H20N2O5S. The molecule has 1 aromatic rings. The number of rotatable bonds is 3. The molecule has 3 aliphatic heterocycles. The number of hydrogen-bond donors (Lipinski definition) is 0. The van der Waals surface area contributed by atoms with Crippen LogP contribution < -0.4 is 9.47 Å². The molecule has 7 nitrogen and oxygen atoms in total. The zero-order chi connectivity index (χ0) is 17.6. The van der Waals surface area contributed by atoms with Crippen LogP contribution in [0.15, 0.2) is 12.1 Å². The highest BCUT2D eigenvalue weighted by molar-refractivity contribution is 7.99. The molecule has 0 aromatic heterocycles. The molecule has 0 aliphatic carbocycles. The normalized spacial score (nSPS) is 25.0. The fourth-order valence-electron chi connectivity index (χ4n) is 3.68. The summed E-state index contributed by atoms with van der Waals surface area (Å²) in [5.74, 6) is 1.42. The number of benzene rings is 1. The molecule has 2 amide bonds. The third-order valence-corrected chi connectivity index (χ3v) is 6.21. The number of carbonyl (C=O) groups is 2.